The van der Waals surface area contributed by atoms with Crippen molar-refractivity contribution in [2.45, 2.75) is 0 Å². The van der Waals surface area contributed by atoms with Crippen LogP contribution in [-0.2, 0) is 0 Å². The number of rotatable bonds is 4. The molecule has 12 aromatic rings. The van der Waals surface area contributed by atoms with Gasteiger partial charge in [0.1, 0.15) is 11.2 Å². The molecule has 2 aromatic heterocycles. The second-order valence-corrected chi connectivity index (χ2v) is 14.8. The number of furan rings is 1. The molecule has 0 N–H and O–H groups in total. The summed E-state index contributed by atoms with van der Waals surface area (Å²) in [6.45, 7) is 0. The molecule has 0 fully saturated rings. The summed E-state index contributed by atoms with van der Waals surface area (Å²) in [5.74, 6) is 0. The maximum atomic E-state index is 6.45. The quantitative estimate of drug-likeness (QED) is 0.166. The van der Waals surface area contributed by atoms with Gasteiger partial charge in [-0.1, -0.05) is 164 Å². The van der Waals surface area contributed by atoms with Crippen molar-refractivity contribution < 1.29 is 4.42 Å². The standard InChI is InChI=1S/C54H33NO/c1-2-15-38-34(13-1)14-11-23-42(38)53-45-20-5-3-18-43(45)52(44-19-4-6-21-46(44)53)35-27-30-37(31-28-35)55-49-25-9-7-16-40(49)48-33-36(29-32-50(48)55)39-22-12-24-47-41-17-8-10-26-51(41)56-54(39)47/h1-33H. The van der Waals surface area contributed by atoms with E-state index in [2.05, 4.69) is 193 Å². The highest BCUT2D eigenvalue weighted by molar-refractivity contribution is 6.23. The molecule has 2 heteroatoms. The zero-order valence-corrected chi connectivity index (χ0v) is 30.4. The Balaban J connectivity index is 1.03. The summed E-state index contributed by atoms with van der Waals surface area (Å²) in [4.78, 5) is 0. The summed E-state index contributed by atoms with van der Waals surface area (Å²) >= 11 is 0. The number of para-hydroxylation sites is 3. The van der Waals surface area contributed by atoms with Crippen LogP contribution in [0.25, 0.3) is 115 Å². The summed E-state index contributed by atoms with van der Waals surface area (Å²) in [6, 6.07) is 72.7. The van der Waals surface area contributed by atoms with Crippen molar-refractivity contribution in [3.05, 3.63) is 200 Å². The van der Waals surface area contributed by atoms with Crippen molar-refractivity contribution in [3.63, 3.8) is 0 Å². The second kappa shape index (κ2) is 12.0. The van der Waals surface area contributed by atoms with Crippen molar-refractivity contribution >= 4 is 76.1 Å². The van der Waals surface area contributed by atoms with Crippen molar-refractivity contribution in [1.29, 1.82) is 0 Å². The summed E-state index contributed by atoms with van der Waals surface area (Å²) in [5.41, 5.74) is 12.6. The summed E-state index contributed by atoms with van der Waals surface area (Å²) in [5, 5.41) is 12.3. The van der Waals surface area contributed by atoms with Gasteiger partial charge in [-0.3, -0.25) is 0 Å². The molecule has 12 rings (SSSR count). The van der Waals surface area contributed by atoms with E-state index in [9.17, 15) is 0 Å². The van der Waals surface area contributed by atoms with Gasteiger partial charge in [0.25, 0.3) is 0 Å². The number of hydrogen-bond donors (Lipinski definition) is 0. The number of hydrogen-bond acceptors (Lipinski definition) is 1. The van der Waals surface area contributed by atoms with E-state index >= 15 is 0 Å². The third-order valence-corrected chi connectivity index (χ3v) is 11.8. The summed E-state index contributed by atoms with van der Waals surface area (Å²) in [7, 11) is 0. The molecule has 0 saturated carbocycles. The molecule has 0 aliphatic heterocycles. The van der Waals surface area contributed by atoms with Gasteiger partial charge < -0.3 is 8.98 Å². The van der Waals surface area contributed by atoms with E-state index in [1.54, 1.807) is 0 Å². The molecule has 0 saturated heterocycles. The monoisotopic (exact) mass is 711 g/mol. The lowest BCUT2D eigenvalue weighted by Gasteiger charge is -2.19. The molecule has 0 spiro atoms. The Morgan fingerprint density at radius 2 is 0.857 bits per heavy atom. The number of fused-ring (bicyclic) bond motifs is 9. The van der Waals surface area contributed by atoms with Crippen LogP contribution >= 0.6 is 0 Å². The lowest BCUT2D eigenvalue weighted by molar-refractivity contribution is 0.670. The first kappa shape index (κ1) is 31.0. The molecule has 0 bridgehead atoms. The Labute approximate surface area is 323 Å². The summed E-state index contributed by atoms with van der Waals surface area (Å²) < 4.78 is 8.86. The van der Waals surface area contributed by atoms with Gasteiger partial charge in [-0.25, -0.2) is 0 Å². The van der Waals surface area contributed by atoms with Crippen LogP contribution in [0.4, 0.5) is 0 Å². The molecule has 0 radical (unpaired) electrons. The Morgan fingerprint density at radius 3 is 1.62 bits per heavy atom. The topological polar surface area (TPSA) is 18.1 Å². The molecule has 56 heavy (non-hydrogen) atoms. The minimum atomic E-state index is 0.915. The van der Waals surface area contributed by atoms with Crippen molar-refractivity contribution in [2.24, 2.45) is 0 Å². The predicted octanol–water partition coefficient (Wildman–Crippen LogP) is 15.1. The number of nitrogens with zero attached hydrogens (tertiary/aromatic N) is 1. The maximum Gasteiger partial charge on any atom is 0.143 e. The van der Waals surface area contributed by atoms with E-state index in [1.807, 2.05) is 12.1 Å². The molecule has 2 heterocycles. The SMILES string of the molecule is c1ccc2c(-c3c4ccccc4c(-c4ccc(-n5c6ccccc6c6cc(-c7cccc8c7oc7ccccc78)ccc65)cc4)c4ccccc34)cccc2c1. The van der Waals surface area contributed by atoms with Gasteiger partial charge in [-0.2, -0.15) is 0 Å². The van der Waals surface area contributed by atoms with Crippen LogP contribution in [0.5, 0.6) is 0 Å². The molecular weight excluding hydrogens is 679 g/mol. The van der Waals surface area contributed by atoms with Gasteiger partial charge in [0.2, 0.25) is 0 Å². The minimum Gasteiger partial charge on any atom is -0.455 e. The van der Waals surface area contributed by atoms with Crippen molar-refractivity contribution in [2.75, 3.05) is 0 Å². The van der Waals surface area contributed by atoms with Crippen LogP contribution < -0.4 is 0 Å². The number of aromatic nitrogens is 1. The Morgan fingerprint density at radius 1 is 0.321 bits per heavy atom. The average molecular weight is 712 g/mol. The third kappa shape index (κ3) is 4.50. The fourth-order valence-electron chi connectivity index (χ4n) is 9.34. The molecule has 2 nitrogen and oxygen atoms in total. The molecule has 10 aromatic carbocycles. The Hall–Kier alpha value is -7.42. The van der Waals surface area contributed by atoms with E-state index in [-0.39, 0.29) is 0 Å². The van der Waals surface area contributed by atoms with Crippen LogP contribution in [0, 0.1) is 0 Å². The van der Waals surface area contributed by atoms with Crippen LogP contribution in [0.2, 0.25) is 0 Å². The second-order valence-electron chi connectivity index (χ2n) is 14.8. The van der Waals surface area contributed by atoms with Crippen LogP contribution in [-0.4, -0.2) is 4.57 Å². The number of benzene rings is 10. The first-order valence-electron chi connectivity index (χ1n) is 19.3. The van der Waals surface area contributed by atoms with E-state index in [0.29, 0.717) is 0 Å². The first-order valence-corrected chi connectivity index (χ1v) is 19.3. The van der Waals surface area contributed by atoms with Gasteiger partial charge in [0.05, 0.1) is 11.0 Å². The molecule has 0 aliphatic rings. The van der Waals surface area contributed by atoms with Crippen LogP contribution in [0.1, 0.15) is 0 Å². The Kier molecular flexibility index (Phi) is 6.66. The zero-order chi connectivity index (χ0) is 36.7. The Bertz CT molecular complexity index is 3470. The molecular formula is C54H33NO. The highest BCUT2D eigenvalue weighted by Gasteiger charge is 2.19. The largest absolute Gasteiger partial charge is 0.455 e. The molecule has 0 unspecified atom stereocenters. The van der Waals surface area contributed by atoms with Gasteiger partial charge in [-0.05, 0) is 96.5 Å². The lowest BCUT2D eigenvalue weighted by atomic mass is 9.85. The molecule has 0 amide bonds. The fraction of sp³-hybridized carbons (Fsp3) is 0. The maximum absolute atomic E-state index is 6.45. The molecule has 0 aliphatic carbocycles. The van der Waals surface area contributed by atoms with Crippen LogP contribution in [0.3, 0.4) is 0 Å². The highest BCUT2D eigenvalue weighted by atomic mass is 16.3. The lowest BCUT2D eigenvalue weighted by Crippen LogP contribution is -1.95. The molecule has 260 valence electrons. The minimum absolute atomic E-state index is 0.915. The average Bonchev–Trinajstić information content (AvgIpc) is 3.81. The zero-order valence-electron chi connectivity index (χ0n) is 30.4. The van der Waals surface area contributed by atoms with E-state index in [0.717, 1.165) is 38.8 Å². The smallest absolute Gasteiger partial charge is 0.143 e. The van der Waals surface area contributed by atoms with Gasteiger partial charge >= 0.3 is 0 Å². The van der Waals surface area contributed by atoms with Crippen LogP contribution in [0.15, 0.2) is 205 Å². The van der Waals surface area contributed by atoms with Crippen molar-refractivity contribution in [1.82, 2.24) is 4.57 Å². The summed E-state index contributed by atoms with van der Waals surface area (Å²) in [6.07, 6.45) is 0. The molecule has 0 atom stereocenters. The van der Waals surface area contributed by atoms with Crippen molar-refractivity contribution in [3.8, 4) is 39.1 Å². The van der Waals surface area contributed by atoms with Gasteiger partial charge in [0.15, 0.2) is 0 Å². The predicted molar refractivity (Wildman–Crippen MR) is 237 cm³/mol. The normalized spacial score (nSPS) is 11.9. The highest BCUT2D eigenvalue weighted by Crippen LogP contribution is 2.46. The van der Waals surface area contributed by atoms with E-state index < -0.39 is 0 Å². The third-order valence-electron chi connectivity index (χ3n) is 11.8. The van der Waals surface area contributed by atoms with Gasteiger partial charge in [0, 0.05) is 32.8 Å². The first-order chi connectivity index (χ1) is 27.8. The van der Waals surface area contributed by atoms with E-state index in [1.165, 1.54) is 76.4 Å². The van der Waals surface area contributed by atoms with Gasteiger partial charge in [-0.15, -0.1) is 0 Å². The van der Waals surface area contributed by atoms with E-state index in [4.69, 9.17) is 4.42 Å². The fourth-order valence-corrected chi connectivity index (χ4v) is 9.34.